The van der Waals surface area contributed by atoms with Crippen LogP contribution in [0.1, 0.15) is 49.8 Å². The highest BCUT2D eigenvalue weighted by molar-refractivity contribution is 5.92. The van der Waals surface area contributed by atoms with Gasteiger partial charge in [-0.05, 0) is 23.9 Å². The lowest BCUT2D eigenvalue weighted by molar-refractivity contribution is 0.0734. The van der Waals surface area contributed by atoms with Gasteiger partial charge in [-0.3, -0.25) is 9.48 Å². The summed E-state index contributed by atoms with van der Waals surface area (Å²) in [4.78, 5) is 14.0. The molecule has 0 saturated heterocycles. The van der Waals surface area contributed by atoms with Gasteiger partial charge in [0, 0.05) is 26.3 Å². The zero-order valence-electron chi connectivity index (χ0n) is 13.3. The second-order valence-electron chi connectivity index (χ2n) is 6.26. The van der Waals surface area contributed by atoms with E-state index < -0.39 is 0 Å². The lowest BCUT2D eigenvalue weighted by atomic mass is 9.93. The Kier molecular flexibility index (Phi) is 6.71. The summed E-state index contributed by atoms with van der Waals surface area (Å²) in [6, 6.07) is 1.87. The number of hydrogen-bond donors (Lipinski definition) is 1. The van der Waals surface area contributed by atoms with Crippen molar-refractivity contribution in [2.45, 2.75) is 33.6 Å². The third kappa shape index (κ3) is 4.49. The number of aryl methyl sites for hydroxylation is 1. The van der Waals surface area contributed by atoms with E-state index in [1.807, 2.05) is 13.1 Å². The number of carbonyl (C=O) groups is 1. The van der Waals surface area contributed by atoms with E-state index in [9.17, 15) is 4.79 Å². The normalized spacial score (nSPS) is 11.4. The Hall–Kier alpha value is -1.07. The first-order chi connectivity index (χ1) is 8.68. The van der Waals surface area contributed by atoms with E-state index in [1.54, 1.807) is 16.6 Å². The Bertz CT molecular complexity index is 454. The molecule has 6 heteroatoms. The molecule has 0 atom stereocenters. The van der Waals surface area contributed by atoms with E-state index in [0.717, 1.165) is 5.69 Å². The number of nitrogens with two attached hydrogens (primary N) is 1. The molecule has 1 heterocycles. The molecule has 0 saturated carbocycles. The van der Waals surface area contributed by atoms with Crippen molar-refractivity contribution in [2.24, 2.45) is 18.2 Å². The second-order valence-corrected chi connectivity index (χ2v) is 6.26. The molecule has 1 rings (SSSR count). The van der Waals surface area contributed by atoms with Crippen LogP contribution in [0.15, 0.2) is 6.07 Å². The fraction of sp³-hybridized carbons (Fsp3) is 0.714. The monoisotopic (exact) mass is 302 g/mol. The minimum Gasteiger partial charge on any atom is -0.340 e. The molecule has 2 N–H and O–H groups in total. The maximum atomic E-state index is 12.3. The second kappa shape index (κ2) is 7.09. The molecule has 20 heavy (non-hydrogen) atoms. The van der Waals surface area contributed by atoms with Crippen molar-refractivity contribution in [3.8, 4) is 0 Å². The Morgan fingerprint density at radius 1 is 1.50 bits per heavy atom. The van der Waals surface area contributed by atoms with Gasteiger partial charge in [0.05, 0.1) is 0 Å². The van der Waals surface area contributed by atoms with Crippen molar-refractivity contribution in [3.05, 3.63) is 17.5 Å². The first-order valence-corrected chi connectivity index (χ1v) is 6.67. The summed E-state index contributed by atoms with van der Waals surface area (Å²) in [6.07, 6.45) is 0. The van der Waals surface area contributed by atoms with Crippen LogP contribution in [0.3, 0.4) is 0 Å². The Labute approximate surface area is 127 Å². The molecule has 0 fully saturated rings. The van der Waals surface area contributed by atoms with E-state index in [1.165, 1.54) is 0 Å². The zero-order valence-corrected chi connectivity index (χ0v) is 14.1. The van der Waals surface area contributed by atoms with Crippen LogP contribution in [0.25, 0.3) is 0 Å². The molecule has 1 aromatic rings. The molecule has 0 aliphatic heterocycles. The zero-order chi connectivity index (χ0) is 14.8. The molecule has 5 nitrogen and oxygen atoms in total. The molecule has 0 aromatic carbocycles. The largest absolute Gasteiger partial charge is 0.340 e. The Morgan fingerprint density at radius 3 is 2.45 bits per heavy atom. The van der Waals surface area contributed by atoms with E-state index in [4.69, 9.17) is 5.73 Å². The van der Waals surface area contributed by atoms with Gasteiger partial charge in [-0.1, -0.05) is 27.7 Å². The van der Waals surface area contributed by atoms with Crippen molar-refractivity contribution in [1.82, 2.24) is 14.7 Å². The summed E-state index contributed by atoms with van der Waals surface area (Å²) in [5.41, 5.74) is 7.19. The number of hydrogen-bond acceptors (Lipinski definition) is 3. The van der Waals surface area contributed by atoms with Crippen molar-refractivity contribution in [2.75, 3.05) is 20.1 Å². The lowest BCUT2D eigenvalue weighted by Crippen LogP contribution is -2.39. The summed E-state index contributed by atoms with van der Waals surface area (Å²) in [6.45, 7) is 9.45. The summed E-state index contributed by atoms with van der Waals surface area (Å²) in [5, 5.41) is 4.30. The van der Waals surface area contributed by atoms with Crippen LogP contribution in [0.5, 0.6) is 0 Å². The van der Waals surface area contributed by atoms with Gasteiger partial charge in [0.15, 0.2) is 5.69 Å². The van der Waals surface area contributed by atoms with E-state index in [2.05, 4.69) is 32.8 Å². The highest BCUT2D eigenvalue weighted by atomic mass is 35.5. The highest BCUT2D eigenvalue weighted by Crippen LogP contribution is 2.18. The molecule has 0 radical (unpaired) electrons. The van der Waals surface area contributed by atoms with Crippen molar-refractivity contribution in [1.29, 1.82) is 0 Å². The third-order valence-electron chi connectivity index (χ3n) is 3.29. The van der Waals surface area contributed by atoms with Gasteiger partial charge in [0.1, 0.15) is 0 Å². The molecule has 0 unspecified atom stereocenters. The van der Waals surface area contributed by atoms with Crippen LogP contribution in [0.2, 0.25) is 0 Å². The average Bonchev–Trinajstić information content (AvgIpc) is 2.69. The summed E-state index contributed by atoms with van der Waals surface area (Å²) < 4.78 is 1.78. The quantitative estimate of drug-likeness (QED) is 0.905. The van der Waals surface area contributed by atoms with Gasteiger partial charge >= 0.3 is 0 Å². The van der Waals surface area contributed by atoms with Crippen molar-refractivity contribution < 1.29 is 4.79 Å². The van der Waals surface area contributed by atoms with E-state index in [-0.39, 0.29) is 23.7 Å². The summed E-state index contributed by atoms with van der Waals surface area (Å²) in [5.74, 6) is 0.300. The number of amides is 1. The first kappa shape index (κ1) is 18.9. The molecule has 0 aliphatic rings. The molecular formula is C14H27ClN4O. The maximum Gasteiger partial charge on any atom is 0.274 e. The molecule has 1 aromatic heterocycles. The smallest absolute Gasteiger partial charge is 0.274 e. The first-order valence-electron chi connectivity index (χ1n) is 6.67. The number of halogens is 1. The Balaban J connectivity index is 0.00000361. The van der Waals surface area contributed by atoms with Crippen molar-refractivity contribution >= 4 is 18.3 Å². The van der Waals surface area contributed by atoms with Gasteiger partial charge in [-0.25, -0.2) is 0 Å². The number of carbonyl (C=O) groups excluding carboxylic acids is 1. The SMILES string of the molecule is CC(C)c1cc(C(=O)N(C)CC(C)(C)CN)nn1C.Cl. The average molecular weight is 303 g/mol. The molecule has 1 amide bonds. The Morgan fingerprint density at radius 2 is 2.05 bits per heavy atom. The number of rotatable bonds is 5. The van der Waals surface area contributed by atoms with Crippen molar-refractivity contribution in [3.63, 3.8) is 0 Å². The molecule has 0 bridgehead atoms. The minimum atomic E-state index is -0.0833. The van der Waals surface area contributed by atoms with Crippen LogP contribution in [0, 0.1) is 5.41 Å². The topological polar surface area (TPSA) is 64.2 Å². The molecule has 0 spiro atoms. The maximum absolute atomic E-state index is 12.3. The molecular weight excluding hydrogens is 276 g/mol. The highest BCUT2D eigenvalue weighted by Gasteiger charge is 2.24. The van der Waals surface area contributed by atoms with Gasteiger partial charge < -0.3 is 10.6 Å². The van der Waals surface area contributed by atoms with E-state index in [0.29, 0.717) is 24.7 Å². The van der Waals surface area contributed by atoms with Gasteiger partial charge in [0.2, 0.25) is 0 Å². The molecule has 116 valence electrons. The fourth-order valence-corrected chi connectivity index (χ4v) is 2.10. The minimum absolute atomic E-state index is 0. The predicted octanol–water partition coefficient (Wildman–Crippen LogP) is 2.02. The third-order valence-corrected chi connectivity index (χ3v) is 3.29. The fourth-order valence-electron chi connectivity index (χ4n) is 2.10. The van der Waals surface area contributed by atoms with Crippen LogP contribution in [-0.2, 0) is 7.05 Å². The van der Waals surface area contributed by atoms with Crippen LogP contribution < -0.4 is 5.73 Å². The van der Waals surface area contributed by atoms with Crippen LogP contribution in [-0.4, -0.2) is 40.7 Å². The molecule has 0 aliphatic carbocycles. The summed E-state index contributed by atoms with van der Waals surface area (Å²) in [7, 11) is 3.67. The van der Waals surface area contributed by atoms with Gasteiger partial charge in [0.25, 0.3) is 5.91 Å². The number of aromatic nitrogens is 2. The van der Waals surface area contributed by atoms with E-state index >= 15 is 0 Å². The van der Waals surface area contributed by atoms with Crippen LogP contribution >= 0.6 is 12.4 Å². The van der Waals surface area contributed by atoms with Gasteiger partial charge in [-0.15, -0.1) is 12.4 Å². The predicted molar refractivity (Wildman–Crippen MR) is 84.3 cm³/mol. The number of nitrogens with zero attached hydrogens (tertiary/aromatic N) is 3. The summed E-state index contributed by atoms with van der Waals surface area (Å²) >= 11 is 0. The van der Waals surface area contributed by atoms with Gasteiger partial charge in [-0.2, -0.15) is 5.10 Å². The van der Waals surface area contributed by atoms with Crippen LogP contribution in [0.4, 0.5) is 0 Å². The standard InChI is InChI=1S/C14H26N4O.ClH/c1-10(2)12-7-11(16-18(12)6)13(19)17(5)9-14(3,4)8-15;/h7,10H,8-9,15H2,1-6H3;1H. The lowest BCUT2D eigenvalue weighted by Gasteiger charge is -2.28.